The number of hydrogen-bond acceptors (Lipinski definition) is 7. The fourth-order valence-electron chi connectivity index (χ4n) is 3.61. The van der Waals surface area contributed by atoms with Gasteiger partial charge in [0, 0.05) is 13.0 Å². The molecule has 0 bridgehead atoms. The van der Waals surface area contributed by atoms with Gasteiger partial charge in [-0.2, -0.15) is 0 Å². The summed E-state index contributed by atoms with van der Waals surface area (Å²) in [4.78, 5) is 33.5. The molecular weight excluding hydrogens is 459 g/mol. The fourth-order valence-corrected chi connectivity index (χ4v) is 4.36. The molecule has 0 heterocycles. The summed E-state index contributed by atoms with van der Waals surface area (Å²) in [7, 11) is -3.18. The SMILES string of the molecule is CCCCCCCCCCCCCCCCCC(=O)N[C@H](COP(=O)(O)OCCN)C(=O)OC. The second kappa shape index (κ2) is 22.5. The lowest BCUT2D eigenvalue weighted by atomic mass is 10.0. The van der Waals surface area contributed by atoms with Gasteiger partial charge in [-0.25, -0.2) is 9.36 Å². The predicted molar refractivity (Wildman–Crippen MR) is 134 cm³/mol. The molecule has 0 saturated heterocycles. The zero-order valence-corrected chi connectivity index (χ0v) is 22.3. The minimum atomic E-state index is -4.35. The molecule has 0 aromatic carbocycles. The van der Waals surface area contributed by atoms with Crippen LogP contribution in [0.3, 0.4) is 0 Å². The molecule has 0 rings (SSSR count). The van der Waals surface area contributed by atoms with Crippen LogP contribution in [-0.2, 0) is 27.9 Å². The molecule has 1 amide bonds. The van der Waals surface area contributed by atoms with Crippen LogP contribution in [0.15, 0.2) is 0 Å². The van der Waals surface area contributed by atoms with E-state index in [1.807, 2.05) is 0 Å². The first-order valence-electron chi connectivity index (χ1n) is 13.1. The Hall–Kier alpha value is -0.990. The lowest BCUT2D eigenvalue weighted by molar-refractivity contribution is -0.146. The van der Waals surface area contributed by atoms with Gasteiger partial charge in [-0.15, -0.1) is 0 Å². The molecule has 0 aromatic heterocycles. The van der Waals surface area contributed by atoms with Crippen LogP contribution in [0.25, 0.3) is 0 Å². The minimum absolute atomic E-state index is 0.0460. The van der Waals surface area contributed by atoms with Crippen molar-refractivity contribution < 1.29 is 32.8 Å². The first-order valence-corrected chi connectivity index (χ1v) is 14.5. The summed E-state index contributed by atoms with van der Waals surface area (Å²) in [5.74, 6) is -1.09. The van der Waals surface area contributed by atoms with E-state index in [-0.39, 0.29) is 25.5 Å². The summed E-state index contributed by atoms with van der Waals surface area (Å²) in [6.45, 7) is 1.60. The Labute approximate surface area is 206 Å². The number of hydrogen-bond donors (Lipinski definition) is 3. The molecule has 34 heavy (non-hydrogen) atoms. The van der Waals surface area contributed by atoms with Gasteiger partial charge in [0.25, 0.3) is 0 Å². The highest BCUT2D eigenvalue weighted by atomic mass is 31.2. The normalized spacial score (nSPS) is 13.9. The highest BCUT2D eigenvalue weighted by Crippen LogP contribution is 2.42. The molecule has 10 heteroatoms. The average molecular weight is 509 g/mol. The molecule has 0 aliphatic heterocycles. The molecule has 0 aromatic rings. The predicted octanol–water partition coefficient (Wildman–Crippen LogP) is 5.00. The Kier molecular flexibility index (Phi) is 21.8. The zero-order valence-electron chi connectivity index (χ0n) is 21.4. The lowest BCUT2D eigenvalue weighted by Crippen LogP contribution is -2.44. The van der Waals surface area contributed by atoms with Crippen molar-refractivity contribution in [1.29, 1.82) is 0 Å². The van der Waals surface area contributed by atoms with E-state index >= 15 is 0 Å². The standard InChI is InChI=1S/C24H49N2O7P/c1-3-4-5-6-7-8-9-10-11-12-13-14-15-16-17-18-23(27)26-22(24(28)31-2)21-33-34(29,30)32-20-19-25/h22H,3-21,25H2,1-2H3,(H,26,27)(H,29,30)/t22-/m1/s1. The van der Waals surface area contributed by atoms with Crippen molar-refractivity contribution in [3.63, 3.8) is 0 Å². The van der Waals surface area contributed by atoms with E-state index in [1.165, 1.54) is 84.2 Å². The molecule has 2 atom stereocenters. The van der Waals surface area contributed by atoms with Gasteiger partial charge >= 0.3 is 13.8 Å². The van der Waals surface area contributed by atoms with Crippen molar-refractivity contribution in [3.05, 3.63) is 0 Å². The van der Waals surface area contributed by atoms with Crippen molar-refractivity contribution in [2.45, 2.75) is 116 Å². The molecule has 202 valence electrons. The fraction of sp³-hybridized carbons (Fsp3) is 0.917. The molecule has 0 radical (unpaired) electrons. The Bertz CT molecular complexity index is 563. The number of carbonyl (C=O) groups is 2. The zero-order chi connectivity index (χ0) is 25.5. The van der Waals surface area contributed by atoms with Crippen LogP contribution in [0.4, 0.5) is 0 Å². The van der Waals surface area contributed by atoms with Gasteiger partial charge in [-0.3, -0.25) is 13.8 Å². The van der Waals surface area contributed by atoms with E-state index < -0.39 is 26.4 Å². The number of rotatable bonds is 24. The van der Waals surface area contributed by atoms with E-state index in [2.05, 4.69) is 21.5 Å². The van der Waals surface area contributed by atoms with E-state index in [4.69, 9.17) is 10.3 Å². The van der Waals surface area contributed by atoms with Crippen LogP contribution >= 0.6 is 7.82 Å². The van der Waals surface area contributed by atoms with E-state index in [1.54, 1.807) is 0 Å². The van der Waals surface area contributed by atoms with E-state index in [0.29, 0.717) is 0 Å². The second-order valence-electron chi connectivity index (χ2n) is 8.73. The maximum atomic E-state index is 12.2. The van der Waals surface area contributed by atoms with Gasteiger partial charge in [0.05, 0.1) is 20.3 Å². The van der Waals surface area contributed by atoms with Crippen molar-refractivity contribution >= 4 is 19.7 Å². The largest absolute Gasteiger partial charge is 0.472 e. The van der Waals surface area contributed by atoms with Crippen molar-refractivity contribution in [2.24, 2.45) is 5.73 Å². The van der Waals surface area contributed by atoms with Crippen molar-refractivity contribution in [3.8, 4) is 0 Å². The number of phosphoric ester groups is 1. The van der Waals surface area contributed by atoms with Gasteiger partial charge < -0.3 is 20.7 Å². The monoisotopic (exact) mass is 508 g/mol. The Morgan fingerprint density at radius 2 is 1.32 bits per heavy atom. The summed E-state index contributed by atoms with van der Waals surface area (Å²) >= 11 is 0. The van der Waals surface area contributed by atoms with Gasteiger partial charge in [-0.1, -0.05) is 96.8 Å². The highest BCUT2D eigenvalue weighted by Gasteiger charge is 2.28. The van der Waals surface area contributed by atoms with Crippen LogP contribution in [-0.4, -0.2) is 49.7 Å². The number of unbranched alkanes of at least 4 members (excludes halogenated alkanes) is 14. The summed E-state index contributed by atoms with van der Waals surface area (Å²) in [5, 5.41) is 2.50. The Morgan fingerprint density at radius 1 is 0.853 bits per heavy atom. The van der Waals surface area contributed by atoms with Crippen molar-refractivity contribution in [2.75, 3.05) is 26.9 Å². The first kappa shape index (κ1) is 33.0. The number of carbonyl (C=O) groups excluding carboxylic acids is 2. The van der Waals surface area contributed by atoms with Gasteiger partial charge in [0.15, 0.2) is 6.04 Å². The molecular formula is C24H49N2O7P. The number of ether oxygens (including phenoxy) is 1. The Morgan fingerprint density at radius 3 is 1.76 bits per heavy atom. The quantitative estimate of drug-likeness (QED) is 0.0941. The number of amides is 1. The average Bonchev–Trinajstić information content (AvgIpc) is 2.82. The molecule has 0 spiro atoms. The molecule has 9 nitrogen and oxygen atoms in total. The van der Waals surface area contributed by atoms with E-state index in [9.17, 15) is 19.0 Å². The number of methoxy groups -OCH3 is 1. The van der Waals surface area contributed by atoms with Gasteiger partial charge in [0.1, 0.15) is 0 Å². The summed E-state index contributed by atoms with van der Waals surface area (Å²) in [6, 6.07) is -1.18. The third-order valence-corrected chi connectivity index (χ3v) is 6.59. The lowest BCUT2D eigenvalue weighted by Gasteiger charge is -2.18. The van der Waals surface area contributed by atoms with Crippen LogP contribution < -0.4 is 11.1 Å². The maximum Gasteiger partial charge on any atom is 0.472 e. The number of phosphoric acid groups is 1. The smallest absolute Gasteiger partial charge is 0.467 e. The molecule has 0 saturated carbocycles. The summed E-state index contributed by atoms with van der Waals surface area (Å²) < 4.78 is 25.7. The summed E-state index contributed by atoms with van der Waals surface area (Å²) in [5.41, 5.74) is 5.21. The number of nitrogens with two attached hydrogens (primary N) is 1. The molecule has 4 N–H and O–H groups in total. The van der Waals surface area contributed by atoms with Crippen molar-refractivity contribution in [1.82, 2.24) is 5.32 Å². The Balaban J connectivity index is 3.80. The van der Waals surface area contributed by atoms with Crippen LogP contribution in [0, 0.1) is 0 Å². The minimum Gasteiger partial charge on any atom is -0.467 e. The highest BCUT2D eigenvalue weighted by molar-refractivity contribution is 7.47. The van der Waals surface area contributed by atoms with E-state index in [0.717, 1.165) is 19.3 Å². The molecule has 0 fully saturated rings. The van der Waals surface area contributed by atoms with Crippen LogP contribution in [0.2, 0.25) is 0 Å². The topological polar surface area (TPSA) is 137 Å². The summed E-state index contributed by atoms with van der Waals surface area (Å²) in [6.07, 6.45) is 18.9. The number of nitrogens with one attached hydrogen (secondary N) is 1. The first-order chi connectivity index (χ1) is 16.4. The third kappa shape index (κ3) is 20.4. The third-order valence-electron chi connectivity index (χ3n) is 5.60. The molecule has 0 aliphatic carbocycles. The number of esters is 1. The maximum absolute atomic E-state index is 12.2. The van der Waals surface area contributed by atoms with Gasteiger partial charge in [-0.05, 0) is 6.42 Å². The van der Waals surface area contributed by atoms with Crippen LogP contribution in [0.5, 0.6) is 0 Å². The van der Waals surface area contributed by atoms with Gasteiger partial charge in [0.2, 0.25) is 5.91 Å². The molecule has 1 unspecified atom stereocenters. The molecule has 0 aliphatic rings. The second-order valence-corrected chi connectivity index (χ2v) is 10.2. The van der Waals surface area contributed by atoms with Crippen LogP contribution in [0.1, 0.15) is 110 Å².